The lowest BCUT2D eigenvalue weighted by Crippen LogP contribution is -2.39. The molecule has 2 unspecified atom stereocenters. The molecule has 26 heavy (non-hydrogen) atoms. The Hall–Kier alpha value is -1.50. The van der Waals surface area contributed by atoms with E-state index in [1.807, 2.05) is 13.8 Å². The molecule has 1 aromatic carbocycles. The van der Waals surface area contributed by atoms with Gasteiger partial charge in [-0.25, -0.2) is 0 Å². The van der Waals surface area contributed by atoms with Crippen LogP contribution in [0.4, 0.5) is 5.69 Å². The second-order valence-electron chi connectivity index (χ2n) is 8.43. The number of benzene rings is 1. The van der Waals surface area contributed by atoms with Gasteiger partial charge in [0.25, 0.3) is 5.91 Å². The summed E-state index contributed by atoms with van der Waals surface area (Å²) in [5.74, 6) is 2.19. The first-order valence-electron chi connectivity index (χ1n) is 9.21. The standard InChI is InChI=1S/C19H26ClN3O3/c1-19(2,25)9-23-7-13-12(14(13)8-23)6-22-18(24)11-5-15(20)16(21)10-3-4-26-17(10)11/h5,12-14,25H,3-4,6-9,21H2,1-2H3,(H,22,24). The third-order valence-electron chi connectivity index (χ3n) is 5.77. The Bertz CT molecular complexity index is 735. The molecule has 2 aliphatic heterocycles. The summed E-state index contributed by atoms with van der Waals surface area (Å²) < 4.78 is 5.61. The number of nitrogens with zero attached hydrogens (tertiary/aromatic N) is 1. The summed E-state index contributed by atoms with van der Waals surface area (Å²) in [6, 6.07) is 1.61. The zero-order valence-electron chi connectivity index (χ0n) is 15.2. The largest absolute Gasteiger partial charge is 0.492 e. The lowest BCUT2D eigenvalue weighted by molar-refractivity contribution is 0.0389. The summed E-state index contributed by atoms with van der Waals surface area (Å²) in [7, 11) is 0. The SMILES string of the molecule is CC(C)(O)CN1CC2C(CNC(=O)c3cc(Cl)c(N)c4c3OCC4)C2C1. The number of piperidine rings is 1. The van der Waals surface area contributed by atoms with Crippen molar-refractivity contribution in [2.75, 3.05) is 38.5 Å². The fraction of sp³-hybridized carbons (Fsp3) is 0.632. The van der Waals surface area contributed by atoms with Crippen molar-refractivity contribution < 1.29 is 14.6 Å². The van der Waals surface area contributed by atoms with Crippen LogP contribution in [0.2, 0.25) is 5.02 Å². The number of hydrogen-bond acceptors (Lipinski definition) is 5. The van der Waals surface area contributed by atoms with Gasteiger partial charge in [0.05, 0.1) is 28.5 Å². The van der Waals surface area contributed by atoms with Crippen LogP contribution < -0.4 is 15.8 Å². The second kappa shape index (κ2) is 6.29. The Balaban J connectivity index is 1.33. The minimum atomic E-state index is -0.657. The number of halogens is 1. The Labute approximate surface area is 158 Å². The third-order valence-corrected chi connectivity index (χ3v) is 6.08. The van der Waals surface area contributed by atoms with E-state index in [-0.39, 0.29) is 5.91 Å². The second-order valence-corrected chi connectivity index (χ2v) is 8.84. The highest BCUT2D eigenvalue weighted by atomic mass is 35.5. The van der Waals surface area contributed by atoms with Crippen LogP contribution in [0.15, 0.2) is 6.07 Å². The lowest BCUT2D eigenvalue weighted by atomic mass is 10.0. The van der Waals surface area contributed by atoms with Crippen LogP contribution in [0.1, 0.15) is 29.8 Å². The molecular formula is C19H26ClN3O3. The maximum Gasteiger partial charge on any atom is 0.255 e. The van der Waals surface area contributed by atoms with Gasteiger partial charge in [0, 0.05) is 38.2 Å². The van der Waals surface area contributed by atoms with E-state index in [2.05, 4.69) is 10.2 Å². The summed E-state index contributed by atoms with van der Waals surface area (Å²) >= 11 is 6.18. The quantitative estimate of drug-likeness (QED) is 0.675. The molecule has 1 saturated carbocycles. The fourth-order valence-electron chi connectivity index (χ4n) is 4.56. The first-order valence-corrected chi connectivity index (χ1v) is 9.59. The van der Waals surface area contributed by atoms with Crippen LogP contribution in [-0.4, -0.2) is 54.3 Å². The molecule has 1 aromatic rings. The van der Waals surface area contributed by atoms with E-state index in [0.717, 1.165) is 18.7 Å². The Morgan fingerprint density at radius 1 is 1.46 bits per heavy atom. The van der Waals surface area contributed by atoms with Crippen molar-refractivity contribution >= 4 is 23.2 Å². The van der Waals surface area contributed by atoms with Gasteiger partial charge in [-0.1, -0.05) is 11.6 Å². The predicted octanol–water partition coefficient (Wildman–Crippen LogP) is 1.54. The lowest BCUT2D eigenvalue weighted by Gasteiger charge is -2.27. The maximum atomic E-state index is 12.6. The van der Waals surface area contributed by atoms with Gasteiger partial charge >= 0.3 is 0 Å². The molecule has 4 rings (SSSR count). The van der Waals surface area contributed by atoms with Gasteiger partial charge in [-0.2, -0.15) is 0 Å². The van der Waals surface area contributed by atoms with Crippen molar-refractivity contribution in [3.63, 3.8) is 0 Å². The van der Waals surface area contributed by atoms with Crippen molar-refractivity contribution in [3.05, 3.63) is 22.2 Å². The number of ether oxygens (including phenoxy) is 1. The van der Waals surface area contributed by atoms with Crippen molar-refractivity contribution in [1.29, 1.82) is 0 Å². The number of nitrogens with one attached hydrogen (secondary N) is 1. The van der Waals surface area contributed by atoms with E-state index in [9.17, 15) is 9.90 Å². The number of carbonyl (C=O) groups excluding carboxylic acids is 1. The molecule has 1 aliphatic carbocycles. The molecule has 2 fully saturated rings. The van der Waals surface area contributed by atoms with Gasteiger partial charge in [0.2, 0.25) is 0 Å². The van der Waals surface area contributed by atoms with Crippen LogP contribution in [0.25, 0.3) is 0 Å². The van der Waals surface area contributed by atoms with Crippen LogP contribution in [-0.2, 0) is 6.42 Å². The number of nitrogen functional groups attached to an aromatic ring is 1. The highest BCUT2D eigenvalue weighted by Crippen LogP contribution is 2.51. The number of aliphatic hydroxyl groups is 1. The van der Waals surface area contributed by atoms with Crippen LogP contribution in [0, 0.1) is 17.8 Å². The number of rotatable bonds is 5. The number of hydrogen-bond donors (Lipinski definition) is 3. The molecule has 7 heteroatoms. The summed E-state index contributed by atoms with van der Waals surface area (Å²) in [6.45, 7) is 7.58. The fourth-order valence-corrected chi connectivity index (χ4v) is 4.78. The first kappa shape index (κ1) is 17.9. The summed E-state index contributed by atoms with van der Waals surface area (Å²) in [6.07, 6.45) is 0.686. The van der Waals surface area contributed by atoms with E-state index >= 15 is 0 Å². The summed E-state index contributed by atoms with van der Waals surface area (Å²) in [4.78, 5) is 15.0. The number of nitrogens with two attached hydrogens (primary N) is 1. The van der Waals surface area contributed by atoms with Crippen molar-refractivity contribution in [2.45, 2.75) is 25.9 Å². The van der Waals surface area contributed by atoms with E-state index < -0.39 is 5.60 Å². The number of β-amino-alcohol motifs (C(OH)–C–C–N with tert-alkyl or cyclic N) is 1. The van der Waals surface area contributed by atoms with E-state index in [1.165, 1.54) is 0 Å². The molecule has 2 heterocycles. The highest BCUT2D eigenvalue weighted by molar-refractivity contribution is 6.33. The molecule has 0 spiro atoms. The van der Waals surface area contributed by atoms with Crippen molar-refractivity contribution in [3.8, 4) is 5.75 Å². The molecule has 0 aromatic heterocycles. The zero-order valence-corrected chi connectivity index (χ0v) is 16.0. The average Bonchev–Trinajstić information content (AvgIpc) is 2.95. The number of amides is 1. The van der Waals surface area contributed by atoms with Crippen molar-refractivity contribution in [2.24, 2.45) is 17.8 Å². The van der Waals surface area contributed by atoms with Gasteiger partial charge in [0.1, 0.15) is 5.75 Å². The number of fused-ring (bicyclic) bond motifs is 2. The molecule has 142 valence electrons. The Kier molecular flexibility index (Phi) is 4.33. The minimum Gasteiger partial charge on any atom is -0.492 e. The molecule has 1 saturated heterocycles. The Morgan fingerprint density at radius 3 is 2.81 bits per heavy atom. The normalized spacial score (nSPS) is 27.0. The van der Waals surface area contributed by atoms with E-state index in [1.54, 1.807) is 6.07 Å². The maximum absolute atomic E-state index is 12.6. The monoisotopic (exact) mass is 379 g/mol. The number of carbonyl (C=O) groups is 1. The van der Waals surface area contributed by atoms with Crippen LogP contribution >= 0.6 is 11.6 Å². The third kappa shape index (κ3) is 3.26. The molecular weight excluding hydrogens is 354 g/mol. The average molecular weight is 380 g/mol. The molecule has 0 bridgehead atoms. The van der Waals surface area contributed by atoms with E-state index in [0.29, 0.717) is 65.9 Å². The number of likely N-dealkylation sites (tertiary alicyclic amines) is 1. The Morgan fingerprint density at radius 2 is 2.15 bits per heavy atom. The van der Waals surface area contributed by atoms with Gasteiger partial charge in [0.15, 0.2) is 0 Å². The molecule has 0 radical (unpaired) electrons. The van der Waals surface area contributed by atoms with E-state index in [4.69, 9.17) is 22.1 Å². The van der Waals surface area contributed by atoms with Gasteiger partial charge in [-0.3, -0.25) is 9.69 Å². The molecule has 1 amide bonds. The minimum absolute atomic E-state index is 0.150. The summed E-state index contributed by atoms with van der Waals surface area (Å²) in [5.41, 5.74) is 7.16. The molecule has 3 aliphatic rings. The first-order chi connectivity index (χ1) is 12.2. The molecule has 2 atom stereocenters. The van der Waals surface area contributed by atoms with Crippen molar-refractivity contribution in [1.82, 2.24) is 10.2 Å². The number of anilines is 1. The highest BCUT2D eigenvalue weighted by Gasteiger charge is 2.55. The van der Waals surface area contributed by atoms with Gasteiger partial charge in [-0.15, -0.1) is 0 Å². The zero-order chi connectivity index (χ0) is 18.6. The van der Waals surface area contributed by atoms with Gasteiger partial charge < -0.3 is 20.9 Å². The van der Waals surface area contributed by atoms with Crippen LogP contribution in [0.3, 0.4) is 0 Å². The molecule has 6 nitrogen and oxygen atoms in total. The van der Waals surface area contributed by atoms with Gasteiger partial charge in [-0.05, 0) is 37.7 Å². The topological polar surface area (TPSA) is 87.8 Å². The predicted molar refractivity (Wildman–Crippen MR) is 101 cm³/mol. The van der Waals surface area contributed by atoms with Crippen LogP contribution in [0.5, 0.6) is 5.75 Å². The smallest absolute Gasteiger partial charge is 0.255 e. The molecule has 4 N–H and O–H groups in total. The summed E-state index contributed by atoms with van der Waals surface area (Å²) in [5, 5.41) is 13.4.